The molecule has 0 aromatic heterocycles. The molecule has 50 valence electrons. The van der Waals surface area contributed by atoms with Gasteiger partial charge in [-0.3, -0.25) is 4.99 Å². The van der Waals surface area contributed by atoms with Crippen molar-refractivity contribution in [2.45, 2.75) is 6.92 Å². The highest BCUT2D eigenvalue weighted by atomic mass is 127. The van der Waals surface area contributed by atoms with E-state index in [1.165, 1.54) is 0 Å². The van der Waals surface area contributed by atoms with E-state index >= 15 is 0 Å². The lowest BCUT2D eigenvalue weighted by Crippen LogP contribution is -2.30. The molecule has 3 N–H and O–H groups in total. The summed E-state index contributed by atoms with van der Waals surface area (Å²) in [5, 5.41) is 2.82. The molecule has 0 saturated heterocycles. The van der Waals surface area contributed by atoms with Crippen LogP contribution in [0.5, 0.6) is 0 Å². The lowest BCUT2D eigenvalue weighted by molar-refractivity contribution is 0.950. The third-order valence-electron chi connectivity index (χ3n) is 0.599. The predicted molar refractivity (Wildman–Crippen MR) is 46.6 cm³/mol. The molecule has 0 amide bonds. The molecule has 0 spiro atoms. The summed E-state index contributed by atoms with van der Waals surface area (Å²) >= 11 is 0. The molecule has 0 rings (SSSR count). The Bertz CT molecular complexity index is 71.7. The molecule has 4 heteroatoms. The van der Waals surface area contributed by atoms with Gasteiger partial charge in [0.1, 0.15) is 0 Å². The van der Waals surface area contributed by atoms with Gasteiger partial charge in [-0.1, -0.05) is 0 Å². The molecule has 0 heterocycles. The Hall–Kier alpha value is 0. The zero-order valence-electron chi connectivity index (χ0n) is 5.14. The van der Waals surface area contributed by atoms with Crippen molar-refractivity contribution in [2.24, 2.45) is 10.7 Å². The van der Waals surface area contributed by atoms with E-state index in [9.17, 15) is 0 Å². The maximum Gasteiger partial charge on any atom is 0.188 e. The van der Waals surface area contributed by atoms with Crippen molar-refractivity contribution in [1.29, 1.82) is 0 Å². The molecule has 0 bridgehead atoms. The van der Waals surface area contributed by atoms with Gasteiger partial charge < -0.3 is 11.1 Å². The maximum atomic E-state index is 5.22. The fourth-order valence-corrected chi connectivity index (χ4v) is 0.260. The molecule has 0 aliphatic rings. The third-order valence-corrected chi connectivity index (χ3v) is 0.599. The zero-order chi connectivity index (χ0) is 5.70. The molecule has 0 aliphatic heterocycles. The van der Waals surface area contributed by atoms with Crippen LogP contribution >= 0.6 is 24.0 Å². The van der Waals surface area contributed by atoms with Gasteiger partial charge in [0.05, 0.1) is 0 Å². The van der Waals surface area contributed by atoms with Crippen LogP contribution < -0.4 is 11.1 Å². The van der Waals surface area contributed by atoms with Crippen molar-refractivity contribution < 1.29 is 0 Å². The number of hydrogen-bond donors (Lipinski definition) is 2. The minimum absolute atomic E-state index is 0. The Balaban J connectivity index is 0. The van der Waals surface area contributed by atoms with Gasteiger partial charge in [0.2, 0.25) is 0 Å². The zero-order valence-corrected chi connectivity index (χ0v) is 7.47. The smallest absolute Gasteiger partial charge is 0.188 e. The molecule has 0 aromatic carbocycles. The maximum absolute atomic E-state index is 5.22. The van der Waals surface area contributed by atoms with Crippen molar-refractivity contribution in [1.82, 2.24) is 5.32 Å². The molecule has 0 unspecified atom stereocenters. The lowest BCUT2D eigenvalue weighted by Gasteiger charge is -1.96. The Kier molecular flexibility index (Phi) is 9.53. The van der Waals surface area contributed by atoms with Crippen LogP contribution in [-0.2, 0) is 0 Å². The van der Waals surface area contributed by atoms with Crippen LogP contribution in [0.3, 0.4) is 0 Å². The molecule has 0 saturated carbocycles. The monoisotopic (exact) mass is 229 g/mol. The summed E-state index contributed by atoms with van der Waals surface area (Å²) in [6.45, 7) is 2.81. The van der Waals surface area contributed by atoms with E-state index in [1.54, 1.807) is 7.05 Å². The Morgan fingerprint density at radius 1 is 1.75 bits per heavy atom. The normalized spacial score (nSPS) is 10.0. The summed E-state index contributed by atoms with van der Waals surface area (Å²) in [6.07, 6.45) is 0. The van der Waals surface area contributed by atoms with Crippen LogP contribution in [0, 0.1) is 0 Å². The molecule has 0 aromatic rings. The van der Waals surface area contributed by atoms with E-state index in [4.69, 9.17) is 5.73 Å². The molecule has 0 aliphatic carbocycles. The number of nitrogens with zero attached hydrogens (tertiary/aromatic N) is 1. The van der Waals surface area contributed by atoms with E-state index in [2.05, 4.69) is 10.3 Å². The molecule has 0 atom stereocenters. The van der Waals surface area contributed by atoms with Gasteiger partial charge in [0.15, 0.2) is 5.96 Å². The van der Waals surface area contributed by atoms with Crippen molar-refractivity contribution in [3.05, 3.63) is 0 Å². The first-order valence-electron chi connectivity index (χ1n) is 2.27. The molecule has 0 radical (unpaired) electrons. The molecule has 0 fully saturated rings. The van der Waals surface area contributed by atoms with Gasteiger partial charge in [0.25, 0.3) is 0 Å². The SMILES string of the molecule is CCNC(N)=NC.I. The number of aliphatic imine (C=N–C) groups is 1. The summed E-state index contributed by atoms with van der Waals surface area (Å²) in [5.74, 6) is 0.502. The van der Waals surface area contributed by atoms with Crippen molar-refractivity contribution in [2.75, 3.05) is 13.6 Å². The average Bonchev–Trinajstić information content (AvgIpc) is 1.68. The number of halogens is 1. The first-order chi connectivity index (χ1) is 3.31. The second-order valence-electron chi connectivity index (χ2n) is 1.14. The van der Waals surface area contributed by atoms with Gasteiger partial charge in [-0.15, -0.1) is 24.0 Å². The second-order valence-corrected chi connectivity index (χ2v) is 1.14. The summed E-state index contributed by atoms with van der Waals surface area (Å²) in [4.78, 5) is 3.66. The quantitative estimate of drug-likeness (QED) is 0.382. The van der Waals surface area contributed by atoms with Crippen LogP contribution in [0.1, 0.15) is 6.92 Å². The van der Waals surface area contributed by atoms with Crippen molar-refractivity contribution >= 4 is 29.9 Å². The largest absolute Gasteiger partial charge is 0.370 e. The van der Waals surface area contributed by atoms with Crippen LogP contribution in [0.15, 0.2) is 4.99 Å². The average molecular weight is 229 g/mol. The highest BCUT2D eigenvalue weighted by Gasteiger charge is 1.77. The van der Waals surface area contributed by atoms with Crippen LogP contribution in [0.25, 0.3) is 0 Å². The summed E-state index contributed by atoms with van der Waals surface area (Å²) in [5.41, 5.74) is 5.22. The number of rotatable bonds is 1. The van der Waals surface area contributed by atoms with Crippen molar-refractivity contribution in [3.8, 4) is 0 Å². The number of hydrogen-bond acceptors (Lipinski definition) is 1. The van der Waals surface area contributed by atoms with Crippen LogP contribution in [-0.4, -0.2) is 19.6 Å². The Labute approximate surface area is 66.8 Å². The van der Waals surface area contributed by atoms with E-state index < -0.39 is 0 Å². The fraction of sp³-hybridized carbons (Fsp3) is 0.750. The topological polar surface area (TPSA) is 50.4 Å². The standard InChI is InChI=1S/C4H11N3.HI/c1-3-7-4(5)6-2;/h3H2,1-2H3,(H3,5,6,7);1H. The van der Waals surface area contributed by atoms with Crippen molar-refractivity contribution in [3.63, 3.8) is 0 Å². The van der Waals surface area contributed by atoms with E-state index in [1.807, 2.05) is 6.92 Å². The number of nitrogens with one attached hydrogen (secondary N) is 1. The minimum atomic E-state index is 0. The highest BCUT2D eigenvalue weighted by molar-refractivity contribution is 14.0. The fourth-order valence-electron chi connectivity index (χ4n) is 0.260. The first kappa shape index (κ1) is 10.9. The summed E-state index contributed by atoms with van der Waals surface area (Å²) in [6, 6.07) is 0. The minimum Gasteiger partial charge on any atom is -0.370 e. The predicted octanol–water partition coefficient (Wildman–Crippen LogP) is 0.158. The Morgan fingerprint density at radius 3 is 2.38 bits per heavy atom. The number of guanidine groups is 1. The highest BCUT2D eigenvalue weighted by Crippen LogP contribution is 1.54. The third kappa shape index (κ3) is 6.00. The van der Waals surface area contributed by atoms with E-state index in [0.29, 0.717) is 5.96 Å². The summed E-state index contributed by atoms with van der Waals surface area (Å²) < 4.78 is 0. The van der Waals surface area contributed by atoms with Gasteiger partial charge >= 0.3 is 0 Å². The van der Waals surface area contributed by atoms with Crippen LogP contribution in [0.2, 0.25) is 0 Å². The molecule has 3 nitrogen and oxygen atoms in total. The Morgan fingerprint density at radius 2 is 2.25 bits per heavy atom. The molecule has 8 heavy (non-hydrogen) atoms. The lowest BCUT2D eigenvalue weighted by atomic mass is 10.7. The van der Waals surface area contributed by atoms with Gasteiger partial charge in [-0.25, -0.2) is 0 Å². The summed E-state index contributed by atoms with van der Waals surface area (Å²) in [7, 11) is 1.65. The molecular weight excluding hydrogens is 217 g/mol. The molecular formula is C4H12IN3. The van der Waals surface area contributed by atoms with Gasteiger partial charge in [-0.2, -0.15) is 0 Å². The van der Waals surface area contributed by atoms with Gasteiger partial charge in [-0.05, 0) is 6.92 Å². The van der Waals surface area contributed by atoms with Gasteiger partial charge in [0, 0.05) is 13.6 Å². The van der Waals surface area contributed by atoms with E-state index in [0.717, 1.165) is 6.54 Å². The van der Waals surface area contributed by atoms with Crippen LogP contribution in [0.4, 0.5) is 0 Å². The number of nitrogens with two attached hydrogens (primary N) is 1. The second kappa shape index (κ2) is 7.00. The first-order valence-corrected chi connectivity index (χ1v) is 2.27. The van der Waals surface area contributed by atoms with E-state index in [-0.39, 0.29) is 24.0 Å².